The highest BCUT2D eigenvalue weighted by Crippen LogP contribution is 2.35. The molecule has 0 saturated carbocycles. The van der Waals surface area contributed by atoms with Crippen molar-refractivity contribution in [1.29, 1.82) is 0 Å². The van der Waals surface area contributed by atoms with E-state index in [9.17, 15) is 18.8 Å². The van der Waals surface area contributed by atoms with Gasteiger partial charge in [0.25, 0.3) is 5.91 Å². The van der Waals surface area contributed by atoms with Crippen LogP contribution in [0.3, 0.4) is 0 Å². The smallest absolute Gasteiger partial charge is 0.251 e. The lowest BCUT2D eigenvalue weighted by Crippen LogP contribution is -2.55. The van der Waals surface area contributed by atoms with Crippen molar-refractivity contribution in [2.24, 2.45) is 5.92 Å². The van der Waals surface area contributed by atoms with Crippen LogP contribution in [0.15, 0.2) is 48.5 Å². The summed E-state index contributed by atoms with van der Waals surface area (Å²) in [5, 5.41) is 8.27. The molecule has 3 amide bonds. The zero-order chi connectivity index (χ0) is 23.4. The lowest BCUT2D eigenvalue weighted by atomic mass is 10.0. The molecule has 2 aromatic carbocycles. The van der Waals surface area contributed by atoms with Crippen molar-refractivity contribution < 1.29 is 18.8 Å². The molecule has 3 atom stereocenters. The molecule has 0 radical (unpaired) electrons. The molecule has 1 heterocycles. The molecule has 0 saturated heterocycles. The lowest BCUT2D eigenvalue weighted by Gasteiger charge is -2.31. The first-order valence-corrected chi connectivity index (χ1v) is 10.7. The Morgan fingerprint density at radius 1 is 1.03 bits per heavy atom. The summed E-state index contributed by atoms with van der Waals surface area (Å²) in [5.41, 5.74) is 1.57. The topological polar surface area (TPSA) is 90.5 Å². The number of amides is 3. The maximum absolute atomic E-state index is 14.1. The van der Waals surface area contributed by atoms with Crippen LogP contribution in [0.5, 0.6) is 0 Å². The van der Waals surface area contributed by atoms with Crippen molar-refractivity contribution in [3.05, 3.63) is 65.5 Å². The lowest BCUT2D eigenvalue weighted by molar-refractivity contribution is -0.143. The number of rotatable bonds is 7. The molecule has 1 aliphatic heterocycles. The number of hydrogen-bond donors (Lipinski definition) is 3. The van der Waals surface area contributed by atoms with Crippen molar-refractivity contribution in [3.63, 3.8) is 0 Å². The summed E-state index contributed by atoms with van der Waals surface area (Å²) in [6.07, 6.45) is 0. The molecule has 0 aromatic heterocycles. The fraction of sp³-hybridized carbons (Fsp3) is 0.375. The number of benzene rings is 2. The Balaban J connectivity index is 0.00000385. The molecular formula is C24H30ClFN4O3. The second-order valence-corrected chi connectivity index (χ2v) is 8.28. The van der Waals surface area contributed by atoms with Crippen LogP contribution in [-0.4, -0.2) is 41.8 Å². The van der Waals surface area contributed by atoms with Crippen LogP contribution >= 0.6 is 12.4 Å². The van der Waals surface area contributed by atoms with Gasteiger partial charge in [-0.2, -0.15) is 0 Å². The minimum absolute atomic E-state index is 0. The number of hydrogen-bond acceptors (Lipinski definition) is 4. The van der Waals surface area contributed by atoms with Crippen molar-refractivity contribution in [2.45, 2.75) is 45.4 Å². The van der Waals surface area contributed by atoms with Gasteiger partial charge in [0.15, 0.2) is 0 Å². The highest BCUT2D eigenvalue weighted by Gasteiger charge is 2.42. The summed E-state index contributed by atoms with van der Waals surface area (Å²) in [7, 11) is 1.66. The monoisotopic (exact) mass is 476 g/mol. The number of anilines is 1. The van der Waals surface area contributed by atoms with Crippen LogP contribution < -0.4 is 16.0 Å². The van der Waals surface area contributed by atoms with Gasteiger partial charge >= 0.3 is 0 Å². The largest absolute Gasteiger partial charge is 0.343 e. The zero-order valence-electron chi connectivity index (χ0n) is 19.1. The Bertz CT molecular complexity index is 1020. The molecule has 2 aromatic rings. The van der Waals surface area contributed by atoms with E-state index in [1.165, 1.54) is 23.1 Å². The van der Waals surface area contributed by atoms with E-state index >= 15 is 0 Å². The van der Waals surface area contributed by atoms with E-state index in [2.05, 4.69) is 16.0 Å². The van der Waals surface area contributed by atoms with E-state index < -0.39 is 29.8 Å². The molecule has 7 nitrogen and oxygen atoms in total. The first-order valence-electron chi connectivity index (χ1n) is 10.7. The maximum atomic E-state index is 14.1. The summed E-state index contributed by atoms with van der Waals surface area (Å²) >= 11 is 0. The number of nitrogens with zero attached hydrogens (tertiary/aromatic N) is 1. The van der Waals surface area contributed by atoms with Gasteiger partial charge in [0, 0.05) is 6.54 Å². The zero-order valence-corrected chi connectivity index (χ0v) is 19.9. The van der Waals surface area contributed by atoms with Gasteiger partial charge in [-0.1, -0.05) is 50.2 Å². The summed E-state index contributed by atoms with van der Waals surface area (Å²) in [5.74, 6) is -1.93. The highest BCUT2D eigenvalue weighted by molar-refractivity contribution is 6.00. The van der Waals surface area contributed by atoms with Crippen molar-refractivity contribution >= 4 is 35.8 Å². The molecule has 0 aliphatic carbocycles. The maximum Gasteiger partial charge on any atom is 0.251 e. The number of halogens is 2. The fourth-order valence-corrected chi connectivity index (χ4v) is 3.74. The van der Waals surface area contributed by atoms with Gasteiger partial charge in [-0.05, 0) is 43.1 Å². The number of para-hydroxylation sites is 1. The molecule has 9 heteroatoms. The second-order valence-electron chi connectivity index (χ2n) is 8.28. The fourth-order valence-electron chi connectivity index (χ4n) is 3.74. The standard InChI is InChI=1S/C24H29FN4O3.ClH/c1-14(2)20(28-22(30)15(3)26-4)24(32)29-13-16-9-5-6-10-17(16)21(29)23(31)27-19-12-8-7-11-18(19)25;/h5-12,14-15,20-21,26H,13H2,1-4H3,(H,27,31)(H,28,30);1H/t15?,20?,21-;/m0./s1. The molecule has 2 unspecified atom stereocenters. The van der Waals surface area contributed by atoms with Gasteiger partial charge in [0.1, 0.15) is 17.9 Å². The average molecular weight is 477 g/mol. The molecule has 1 aliphatic rings. The molecule has 33 heavy (non-hydrogen) atoms. The van der Waals surface area contributed by atoms with Gasteiger partial charge in [-0.25, -0.2) is 4.39 Å². The van der Waals surface area contributed by atoms with E-state index in [1.54, 1.807) is 32.2 Å². The van der Waals surface area contributed by atoms with Crippen molar-refractivity contribution in [2.75, 3.05) is 12.4 Å². The van der Waals surface area contributed by atoms with Crippen molar-refractivity contribution in [1.82, 2.24) is 15.5 Å². The average Bonchev–Trinajstić information content (AvgIpc) is 3.17. The predicted molar refractivity (Wildman–Crippen MR) is 127 cm³/mol. The van der Waals surface area contributed by atoms with Gasteiger partial charge in [-0.15, -0.1) is 12.4 Å². The van der Waals surface area contributed by atoms with E-state index in [0.29, 0.717) is 5.56 Å². The van der Waals surface area contributed by atoms with Crippen molar-refractivity contribution in [3.8, 4) is 0 Å². The first-order chi connectivity index (χ1) is 15.2. The Labute approximate surface area is 199 Å². The van der Waals surface area contributed by atoms with Crippen LogP contribution in [0.25, 0.3) is 0 Å². The van der Waals surface area contributed by atoms with E-state index in [1.807, 2.05) is 26.0 Å². The number of carbonyl (C=O) groups is 3. The number of nitrogens with one attached hydrogen (secondary N) is 3. The van der Waals surface area contributed by atoms with Gasteiger partial charge < -0.3 is 20.9 Å². The molecular weight excluding hydrogens is 447 g/mol. The van der Waals surface area contributed by atoms with Crippen LogP contribution in [-0.2, 0) is 20.9 Å². The Morgan fingerprint density at radius 2 is 1.67 bits per heavy atom. The third-order valence-electron chi connectivity index (χ3n) is 5.72. The summed E-state index contributed by atoms with van der Waals surface area (Å²) in [6.45, 7) is 5.60. The minimum atomic E-state index is -0.932. The summed E-state index contributed by atoms with van der Waals surface area (Å²) < 4.78 is 14.1. The molecule has 3 rings (SSSR count). The molecule has 3 N–H and O–H groups in total. The second kappa shape index (κ2) is 11.2. The molecule has 0 spiro atoms. The number of fused-ring (bicyclic) bond motifs is 1. The summed E-state index contributed by atoms with van der Waals surface area (Å²) in [6, 6.07) is 11.0. The van der Waals surface area contributed by atoms with Crippen LogP contribution in [0.2, 0.25) is 0 Å². The number of likely N-dealkylation sites (N-methyl/N-ethyl adjacent to an activating group) is 1. The van der Waals surface area contributed by atoms with E-state index in [-0.39, 0.29) is 42.4 Å². The molecule has 0 fully saturated rings. The Morgan fingerprint density at radius 3 is 2.30 bits per heavy atom. The van der Waals surface area contributed by atoms with Crippen LogP contribution in [0.1, 0.15) is 37.9 Å². The van der Waals surface area contributed by atoms with Crippen LogP contribution in [0.4, 0.5) is 10.1 Å². The Hall–Kier alpha value is -2.97. The first kappa shape index (κ1) is 26.3. The number of carbonyl (C=O) groups excluding carboxylic acids is 3. The minimum Gasteiger partial charge on any atom is -0.343 e. The predicted octanol–water partition coefficient (Wildman–Crippen LogP) is 3.02. The van der Waals surface area contributed by atoms with Gasteiger partial charge in [-0.3, -0.25) is 14.4 Å². The third-order valence-corrected chi connectivity index (χ3v) is 5.72. The Kier molecular flexibility index (Phi) is 8.96. The van der Waals surface area contributed by atoms with Gasteiger partial charge in [0.2, 0.25) is 11.8 Å². The highest BCUT2D eigenvalue weighted by atomic mass is 35.5. The SMILES string of the molecule is CNC(C)C(=O)NC(C(=O)N1Cc2ccccc2[C@H]1C(=O)Nc1ccccc1F)C(C)C.Cl. The summed E-state index contributed by atoms with van der Waals surface area (Å²) in [4.78, 5) is 40.7. The third kappa shape index (κ3) is 5.69. The molecule has 0 bridgehead atoms. The quantitative estimate of drug-likeness (QED) is 0.573. The van der Waals surface area contributed by atoms with E-state index in [4.69, 9.17) is 0 Å². The normalized spacial score (nSPS) is 16.4. The van der Waals surface area contributed by atoms with E-state index in [0.717, 1.165) is 5.56 Å². The molecule has 178 valence electrons. The van der Waals surface area contributed by atoms with Crippen LogP contribution in [0, 0.1) is 11.7 Å². The van der Waals surface area contributed by atoms with Gasteiger partial charge in [0.05, 0.1) is 11.7 Å².